The number of nitrogens with one attached hydrogen (secondary N) is 2. The molecule has 0 radical (unpaired) electrons. The average Bonchev–Trinajstić information content (AvgIpc) is 2.65. The summed E-state index contributed by atoms with van der Waals surface area (Å²) in [5, 5.41) is 6.48. The first-order valence-electron chi connectivity index (χ1n) is 9.12. The van der Waals surface area contributed by atoms with E-state index in [-0.39, 0.29) is 28.4 Å². The van der Waals surface area contributed by atoms with E-state index in [1.807, 2.05) is 6.26 Å². The van der Waals surface area contributed by atoms with E-state index in [9.17, 15) is 14.4 Å². The zero-order valence-electron chi connectivity index (χ0n) is 16.0. The van der Waals surface area contributed by atoms with Gasteiger partial charge < -0.3 is 15.5 Å². The third kappa shape index (κ3) is 6.57. The number of halogens is 2. The maximum Gasteiger partial charge on any atom is 0.253 e. The van der Waals surface area contributed by atoms with Crippen molar-refractivity contribution in [1.82, 2.24) is 15.5 Å². The smallest absolute Gasteiger partial charge is 0.253 e. The molecule has 2 N–H and O–H groups in total. The van der Waals surface area contributed by atoms with Gasteiger partial charge in [-0.2, -0.15) is 11.8 Å². The summed E-state index contributed by atoms with van der Waals surface area (Å²) in [6.45, 7) is 2.81. The normalized spacial score (nSPS) is 15.8. The highest BCUT2D eigenvalue weighted by atomic mass is 35.5. The topological polar surface area (TPSA) is 78.5 Å². The zero-order chi connectivity index (χ0) is 20.7. The molecule has 0 bridgehead atoms. The van der Waals surface area contributed by atoms with Crippen LogP contribution >= 0.6 is 35.0 Å². The number of likely N-dealkylation sites (tertiary alicyclic amines) is 1. The van der Waals surface area contributed by atoms with Crippen LogP contribution in [0.15, 0.2) is 18.2 Å². The van der Waals surface area contributed by atoms with Crippen molar-refractivity contribution >= 4 is 52.7 Å². The van der Waals surface area contributed by atoms with Gasteiger partial charge in [0, 0.05) is 31.1 Å². The molecule has 1 saturated heterocycles. The van der Waals surface area contributed by atoms with Crippen LogP contribution < -0.4 is 10.6 Å². The molecule has 1 fully saturated rings. The Morgan fingerprint density at radius 3 is 2.50 bits per heavy atom. The van der Waals surface area contributed by atoms with Gasteiger partial charge in [0.1, 0.15) is 6.04 Å². The first-order chi connectivity index (χ1) is 13.3. The summed E-state index contributed by atoms with van der Waals surface area (Å²) in [7, 11) is 0. The van der Waals surface area contributed by atoms with Crippen molar-refractivity contribution in [3.8, 4) is 0 Å². The van der Waals surface area contributed by atoms with E-state index in [4.69, 9.17) is 23.2 Å². The van der Waals surface area contributed by atoms with Gasteiger partial charge in [0.05, 0.1) is 10.6 Å². The lowest BCUT2D eigenvalue weighted by Gasteiger charge is -2.32. The van der Waals surface area contributed by atoms with Gasteiger partial charge in [0.25, 0.3) is 5.91 Å². The van der Waals surface area contributed by atoms with E-state index in [0.29, 0.717) is 37.4 Å². The Balaban J connectivity index is 1.99. The molecule has 0 saturated carbocycles. The Kier molecular flexibility index (Phi) is 8.92. The predicted octanol–water partition coefficient (Wildman–Crippen LogP) is 2.97. The van der Waals surface area contributed by atoms with Crippen molar-refractivity contribution < 1.29 is 14.4 Å². The van der Waals surface area contributed by atoms with Gasteiger partial charge in [0.15, 0.2) is 0 Å². The van der Waals surface area contributed by atoms with E-state index < -0.39 is 11.9 Å². The number of piperidine rings is 1. The lowest BCUT2D eigenvalue weighted by Crippen LogP contribution is -2.52. The molecular formula is C19H25Cl2N3O3S. The van der Waals surface area contributed by atoms with Crippen LogP contribution in [0.25, 0.3) is 0 Å². The van der Waals surface area contributed by atoms with Crippen molar-refractivity contribution in [1.29, 1.82) is 0 Å². The Hall–Kier alpha value is -1.44. The third-order valence-corrected chi connectivity index (χ3v) is 5.89. The van der Waals surface area contributed by atoms with Gasteiger partial charge in [-0.1, -0.05) is 23.2 Å². The first kappa shape index (κ1) is 22.8. The number of hydrogen-bond acceptors (Lipinski definition) is 4. The minimum absolute atomic E-state index is 0.00379. The third-order valence-electron chi connectivity index (χ3n) is 4.69. The number of rotatable bonds is 7. The molecule has 0 aromatic heterocycles. The molecule has 0 spiro atoms. The van der Waals surface area contributed by atoms with Crippen LogP contribution in [0.1, 0.15) is 36.5 Å². The second-order valence-electron chi connectivity index (χ2n) is 6.72. The summed E-state index contributed by atoms with van der Waals surface area (Å²) in [5.74, 6) is 0.160. The van der Waals surface area contributed by atoms with Crippen molar-refractivity contribution in [2.45, 2.75) is 38.3 Å². The fourth-order valence-corrected chi connectivity index (χ4v) is 4.02. The van der Waals surface area contributed by atoms with Crippen molar-refractivity contribution in [2.24, 2.45) is 0 Å². The van der Waals surface area contributed by atoms with Gasteiger partial charge >= 0.3 is 0 Å². The molecule has 1 aliphatic rings. The molecule has 1 heterocycles. The molecule has 1 aromatic rings. The highest BCUT2D eigenvalue weighted by molar-refractivity contribution is 7.98. The number of carbonyl (C=O) groups excluding carboxylic acids is 3. The summed E-state index contributed by atoms with van der Waals surface area (Å²) in [6.07, 6.45) is 3.87. The number of nitrogens with zero attached hydrogens (tertiary/aromatic N) is 1. The number of hydrogen-bond donors (Lipinski definition) is 2. The summed E-state index contributed by atoms with van der Waals surface area (Å²) in [5.41, 5.74) is 0.280. The molecule has 1 aliphatic heterocycles. The van der Waals surface area contributed by atoms with Gasteiger partial charge in [0.2, 0.25) is 11.8 Å². The summed E-state index contributed by atoms with van der Waals surface area (Å²) >= 11 is 13.6. The second kappa shape index (κ2) is 10.9. The molecule has 9 heteroatoms. The molecule has 0 unspecified atom stereocenters. The van der Waals surface area contributed by atoms with Crippen LogP contribution in [-0.2, 0) is 9.59 Å². The van der Waals surface area contributed by atoms with Crippen molar-refractivity contribution in [2.75, 3.05) is 25.1 Å². The fourth-order valence-electron chi connectivity index (χ4n) is 3.05. The maximum atomic E-state index is 12.8. The molecule has 3 amide bonds. The quantitative estimate of drug-likeness (QED) is 0.675. The monoisotopic (exact) mass is 445 g/mol. The lowest BCUT2D eigenvalue weighted by molar-refractivity contribution is -0.130. The molecule has 2 rings (SSSR count). The average molecular weight is 446 g/mol. The predicted molar refractivity (Wildman–Crippen MR) is 114 cm³/mol. The van der Waals surface area contributed by atoms with Crippen LogP contribution in [0, 0.1) is 0 Å². The Labute approximate surface area is 179 Å². The SMILES string of the molecule is CSCC[C@@H](NC(=O)c1ccc(Cl)cc1Cl)C(=O)NC1CCN(C(C)=O)CC1. The van der Waals surface area contributed by atoms with Gasteiger partial charge in [-0.25, -0.2) is 0 Å². The largest absolute Gasteiger partial charge is 0.351 e. The van der Waals surface area contributed by atoms with E-state index in [0.717, 1.165) is 5.75 Å². The van der Waals surface area contributed by atoms with Crippen LogP contribution in [0.2, 0.25) is 10.0 Å². The zero-order valence-corrected chi connectivity index (χ0v) is 18.3. The Morgan fingerprint density at radius 1 is 1.25 bits per heavy atom. The Morgan fingerprint density at radius 2 is 1.93 bits per heavy atom. The van der Waals surface area contributed by atoms with Gasteiger partial charge in [-0.3, -0.25) is 14.4 Å². The molecule has 28 heavy (non-hydrogen) atoms. The maximum absolute atomic E-state index is 12.8. The molecular weight excluding hydrogens is 421 g/mol. The minimum Gasteiger partial charge on any atom is -0.351 e. The minimum atomic E-state index is -0.655. The summed E-state index contributed by atoms with van der Waals surface area (Å²) in [6, 6.07) is 3.97. The number of carbonyl (C=O) groups is 3. The van der Waals surface area contributed by atoms with E-state index >= 15 is 0 Å². The number of thioether (sulfide) groups is 1. The summed E-state index contributed by atoms with van der Waals surface area (Å²) in [4.78, 5) is 38.6. The van der Waals surface area contributed by atoms with Crippen LogP contribution in [0.4, 0.5) is 0 Å². The highest BCUT2D eigenvalue weighted by Crippen LogP contribution is 2.21. The number of benzene rings is 1. The second-order valence-corrected chi connectivity index (χ2v) is 8.55. The van der Waals surface area contributed by atoms with E-state index in [1.54, 1.807) is 35.7 Å². The van der Waals surface area contributed by atoms with Gasteiger partial charge in [-0.15, -0.1) is 0 Å². The Bertz CT molecular complexity index is 724. The summed E-state index contributed by atoms with van der Waals surface area (Å²) < 4.78 is 0. The molecule has 0 aliphatic carbocycles. The lowest BCUT2D eigenvalue weighted by atomic mass is 10.0. The number of amides is 3. The van der Waals surface area contributed by atoms with E-state index in [2.05, 4.69) is 10.6 Å². The standard InChI is InChI=1S/C19H25Cl2N3O3S/c1-12(25)24-8-5-14(6-9-24)22-19(27)17(7-10-28-2)23-18(26)15-4-3-13(20)11-16(15)21/h3-4,11,14,17H,5-10H2,1-2H3,(H,22,27)(H,23,26)/t17-/m1/s1. The molecule has 1 aromatic carbocycles. The highest BCUT2D eigenvalue weighted by Gasteiger charge is 2.27. The molecule has 1 atom stereocenters. The molecule has 6 nitrogen and oxygen atoms in total. The van der Waals surface area contributed by atoms with Crippen LogP contribution in [0.3, 0.4) is 0 Å². The van der Waals surface area contributed by atoms with Crippen LogP contribution in [0.5, 0.6) is 0 Å². The van der Waals surface area contributed by atoms with Gasteiger partial charge in [-0.05, 0) is 49.5 Å². The van der Waals surface area contributed by atoms with E-state index in [1.165, 1.54) is 6.07 Å². The first-order valence-corrected chi connectivity index (χ1v) is 11.3. The molecule has 154 valence electrons. The van der Waals surface area contributed by atoms with Crippen LogP contribution in [-0.4, -0.2) is 59.8 Å². The van der Waals surface area contributed by atoms with Crippen molar-refractivity contribution in [3.63, 3.8) is 0 Å². The van der Waals surface area contributed by atoms with Crippen molar-refractivity contribution in [3.05, 3.63) is 33.8 Å². The fraction of sp³-hybridized carbons (Fsp3) is 0.526.